The zero-order chi connectivity index (χ0) is 10.8. The second kappa shape index (κ2) is 3.53. The fraction of sp³-hybridized carbons (Fsp3) is 0.100. The molecule has 0 bridgehead atoms. The molecule has 1 N–H and O–H groups in total. The summed E-state index contributed by atoms with van der Waals surface area (Å²) >= 11 is 0. The first-order chi connectivity index (χ1) is 7.19. The molecule has 0 aliphatic heterocycles. The van der Waals surface area contributed by atoms with Gasteiger partial charge in [-0.2, -0.15) is 0 Å². The predicted octanol–water partition coefficient (Wildman–Crippen LogP) is 2.50. The van der Waals surface area contributed by atoms with Crippen molar-refractivity contribution in [3.8, 4) is 11.7 Å². The molecule has 0 amide bonds. The van der Waals surface area contributed by atoms with Gasteiger partial charge in [0.1, 0.15) is 11.3 Å². The molecule has 0 fully saturated rings. The highest BCUT2D eigenvalue weighted by molar-refractivity contribution is 5.80. The maximum atomic E-state index is 10.3. The number of methoxy groups -OCH3 is 1. The number of carboxylic acid groups (broad SMARTS) is 1. The fourth-order valence-corrected chi connectivity index (χ4v) is 1.25. The number of furan rings is 1. The lowest BCUT2D eigenvalue weighted by molar-refractivity contribution is 0.134. The van der Waals surface area contributed by atoms with Crippen LogP contribution < -0.4 is 9.47 Å². The van der Waals surface area contributed by atoms with E-state index < -0.39 is 6.16 Å². The van der Waals surface area contributed by atoms with Gasteiger partial charge in [-0.05, 0) is 12.1 Å². The number of hydrogen-bond donors (Lipinski definition) is 1. The van der Waals surface area contributed by atoms with Crippen molar-refractivity contribution in [2.75, 3.05) is 7.11 Å². The van der Waals surface area contributed by atoms with Gasteiger partial charge in [0.25, 0.3) is 5.95 Å². The molecule has 0 spiro atoms. The van der Waals surface area contributed by atoms with Gasteiger partial charge in [-0.25, -0.2) is 4.79 Å². The van der Waals surface area contributed by atoms with Crippen molar-refractivity contribution < 1.29 is 23.8 Å². The van der Waals surface area contributed by atoms with E-state index in [0.717, 1.165) is 5.39 Å². The Morgan fingerprint density at radius 1 is 1.40 bits per heavy atom. The highest BCUT2D eigenvalue weighted by Gasteiger charge is 2.08. The summed E-state index contributed by atoms with van der Waals surface area (Å²) in [5, 5.41) is 9.14. The van der Waals surface area contributed by atoms with Crippen molar-refractivity contribution in [3.63, 3.8) is 0 Å². The molecule has 5 nitrogen and oxygen atoms in total. The summed E-state index contributed by atoms with van der Waals surface area (Å²) in [6.07, 6.45) is -1.40. The minimum absolute atomic E-state index is 0.0502. The highest BCUT2D eigenvalue weighted by atomic mass is 16.7. The highest BCUT2D eigenvalue weighted by Crippen LogP contribution is 2.28. The van der Waals surface area contributed by atoms with Crippen molar-refractivity contribution in [1.29, 1.82) is 0 Å². The van der Waals surface area contributed by atoms with Gasteiger partial charge in [0.05, 0.1) is 7.11 Å². The number of ether oxygens (including phenoxy) is 2. The molecule has 0 aliphatic carbocycles. The van der Waals surface area contributed by atoms with E-state index in [-0.39, 0.29) is 5.95 Å². The molecule has 0 atom stereocenters. The van der Waals surface area contributed by atoms with Crippen LogP contribution in [0.15, 0.2) is 28.7 Å². The number of fused-ring (bicyclic) bond motifs is 1. The van der Waals surface area contributed by atoms with Gasteiger partial charge < -0.3 is 19.0 Å². The second-order valence-electron chi connectivity index (χ2n) is 2.84. The summed E-state index contributed by atoms with van der Waals surface area (Å²) < 4.78 is 14.5. The molecule has 2 aromatic rings. The lowest BCUT2D eigenvalue weighted by Crippen LogP contribution is -2.01. The van der Waals surface area contributed by atoms with Crippen LogP contribution in [-0.2, 0) is 0 Å². The Balaban J connectivity index is 2.42. The van der Waals surface area contributed by atoms with E-state index in [9.17, 15) is 4.79 Å². The van der Waals surface area contributed by atoms with Crippen molar-refractivity contribution in [2.45, 2.75) is 0 Å². The molecule has 1 heterocycles. The zero-order valence-electron chi connectivity index (χ0n) is 7.89. The Morgan fingerprint density at radius 3 is 2.87 bits per heavy atom. The van der Waals surface area contributed by atoms with Gasteiger partial charge in [-0.15, -0.1) is 0 Å². The van der Waals surface area contributed by atoms with E-state index in [1.54, 1.807) is 25.3 Å². The van der Waals surface area contributed by atoms with E-state index in [0.29, 0.717) is 11.3 Å². The van der Waals surface area contributed by atoms with Gasteiger partial charge in [-0.1, -0.05) is 0 Å². The first kappa shape index (κ1) is 9.39. The van der Waals surface area contributed by atoms with Gasteiger partial charge in [-0.3, -0.25) is 0 Å². The van der Waals surface area contributed by atoms with Gasteiger partial charge in [0.2, 0.25) is 0 Å². The van der Waals surface area contributed by atoms with Gasteiger partial charge in [0.15, 0.2) is 0 Å². The SMILES string of the molecule is COc1ccc2cc(OC(=O)O)oc2c1. The molecular formula is C10H8O5. The lowest BCUT2D eigenvalue weighted by atomic mass is 10.2. The molecule has 78 valence electrons. The van der Waals surface area contributed by atoms with E-state index in [4.69, 9.17) is 14.3 Å². The third-order valence-electron chi connectivity index (χ3n) is 1.89. The van der Waals surface area contributed by atoms with Crippen LogP contribution in [0.1, 0.15) is 0 Å². The maximum Gasteiger partial charge on any atom is 0.513 e. The topological polar surface area (TPSA) is 68.9 Å². The molecule has 0 radical (unpaired) electrons. The largest absolute Gasteiger partial charge is 0.513 e. The second-order valence-corrected chi connectivity index (χ2v) is 2.84. The first-order valence-corrected chi connectivity index (χ1v) is 4.17. The first-order valence-electron chi connectivity index (χ1n) is 4.17. The van der Waals surface area contributed by atoms with Crippen LogP contribution in [0.5, 0.6) is 11.7 Å². The molecular weight excluding hydrogens is 200 g/mol. The van der Waals surface area contributed by atoms with Crippen molar-refractivity contribution in [3.05, 3.63) is 24.3 Å². The lowest BCUT2D eigenvalue weighted by Gasteiger charge is -1.96. The Labute approximate surface area is 84.8 Å². The average Bonchev–Trinajstić information content (AvgIpc) is 2.57. The molecule has 0 unspecified atom stereocenters. The fourth-order valence-electron chi connectivity index (χ4n) is 1.25. The monoisotopic (exact) mass is 208 g/mol. The Bertz CT molecular complexity index is 499. The van der Waals surface area contributed by atoms with Crippen LogP contribution >= 0.6 is 0 Å². The molecule has 0 aliphatic rings. The van der Waals surface area contributed by atoms with Crippen molar-refractivity contribution >= 4 is 17.1 Å². The minimum atomic E-state index is -1.40. The number of rotatable bonds is 2. The molecule has 2 rings (SSSR count). The third kappa shape index (κ3) is 1.85. The molecule has 1 aromatic carbocycles. The quantitative estimate of drug-likeness (QED) is 0.768. The predicted molar refractivity (Wildman–Crippen MR) is 51.4 cm³/mol. The smallest absolute Gasteiger partial charge is 0.497 e. The summed E-state index contributed by atoms with van der Waals surface area (Å²) in [7, 11) is 1.54. The molecule has 15 heavy (non-hydrogen) atoms. The Morgan fingerprint density at radius 2 is 2.20 bits per heavy atom. The summed E-state index contributed by atoms with van der Waals surface area (Å²) in [5.41, 5.74) is 0.519. The minimum Gasteiger partial charge on any atom is -0.497 e. The van der Waals surface area contributed by atoms with Crippen LogP contribution in [-0.4, -0.2) is 18.4 Å². The van der Waals surface area contributed by atoms with Crippen molar-refractivity contribution in [1.82, 2.24) is 0 Å². The van der Waals surface area contributed by atoms with E-state index in [1.807, 2.05) is 0 Å². The van der Waals surface area contributed by atoms with E-state index in [1.165, 1.54) is 6.07 Å². The van der Waals surface area contributed by atoms with Crippen LogP contribution in [0.2, 0.25) is 0 Å². The summed E-state index contributed by atoms with van der Waals surface area (Å²) in [6, 6.07) is 6.67. The molecule has 1 aromatic heterocycles. The molecule has 0 saturated heterocycles. The maximum absolute atomic E-state index is 10.3. The standard InChI is InChI=1S/C10H8O5/c1-13-7-3-2-6-4-9(15-10(11)12)14-8(6)5-7/h2-5H,1H3,(H,11,12). The van der Waals surface area contributed by atoms with E-state index >= 15 is 0 Å². The van der Waals surface area contributed by atoms with Gasteiger partial charge in [0, 0.05) is 17.5 Å². The number of benzene rings is 1. The van der Waals surface area contributed by atoms with Crippen molar-refractivity contribution in [2.24, 2.45) is 0 Å². The van der Waals surface area contributed by atoms with Crippen LogP contribution in [0.4, 0.5) is 4.79 Å². The van der Waals surface area contributed by atoms with E-state index in [2.05, 4.69) is 4.74 Å². The molecule has 0 saturated carbocycles. The van der Waals surface area contributed by atoms with Crippen LogP contribution in [0.25, 0.3) is 11.0 Å². The Hall–Kier alpha value is -2.17. The normalized spacial score (nSPS) is 10.2. The summed E-state index contributed by atoms with van der Waals surface area (Å²) in [5.74, 6) is 0.587. The summed E-state index contributed by atoms with van der Waals surface area (Å²) in [4.78, 5) is 10.3. The van der Waals surface area contributed by atoms with Gasteiger partial charge >= 0.3 is 6.16 Å². The average molecular weight is 208 g/mol. The summed E-state index contributed by atoms with van der Waals surface area (Å²) in [6.45, 7) is 0. The zero-order valence-corrected chi connectivity index (χ0v) is 7.89. The Kier molecular flexibility index (Phi) is 2.21. The third-order valence-corrected chi connectivity index (χ3v) is 1.89. The molecule has 5 heteroatoms. The van der Waals surface area contributed by atoms with Crippen LogP contribution in [0.3, 0.4) is 0 Å². The van der Waals surface area contributed by atoms with Crippen LogP contribution in [0, 0.1) is 0 Å². The number of carbonyl (C=O) groups is 1. The number of hydrogen-bond acceptors (Lipinski definition) is 4.